The summed E-state index contributed by atoms with van der Waals surface area (Å²) in [6.45, 7) is 4.67. The van der Waals surface area contributed by atoms with E-state index < -0.39 is 0 Å². The molecule has 3 heteroatoms. The molecule has 3 rings (SSSR count). The third kappa shape index (κ3) is 2.31. The zero-order valence-electron chi connectivity index (χ0n) is 10.4. The molecule has 0 radical (unpaired) electrons. The first-order chi connectivity index (χ1) is 8.34. The maximum absolute atomic E-state index is 3.63. The first kappa shape index (κ1) is 11.4. The molecule has 1 N–H and O–H groups in total. The summed E-state index contributed by atoms with van der Waals surface area (Å²) >= 11 is 2.08. The zero-order valence-corrected chi connectivity index (χ0v) is 11.2. The van der Waals surface area contributed by atoms with Crippen LogP contribution < -0.4 is 10.2 Å². The summed E-state index contributed by atoms with van der Waals surface area (Å²) in [5.41, 5.74) is 2.97. The number of hydrogen-bond donors (Lipinski definition) is 1. The first-order valence-corrected chi connectivity index (χ1v) is 7.66. The van der Waals surface area contributed by atoms with Gasteiger partial charge >= 0.3 is 0 Å². The van der Waals surface area contributed by atoms with Gasteiger partial charge in [-0.1, -0.05) is 18.2 Å². The Morgan fingerprint density at radius 2 is 2.29 bits per heavy atom. The lowest BCUT2D eigenvalue weighted by Gasteiger charge is -2.32. The summed E-state index contributed by atoms with van der Waals surface area (Å²) in [5.74, 6) is 2.52. The van der Waals surface area contributed by atoms with Crippen molar-refractivity contribution in [3.63, 3.8) is 0 Å². The topological polar surface area (TPSA) is 15.3 Å². The highest BCUT2D eigenvalue weighted by Gasteiger charge is 2.27. The predicted molar refractivity (Wildman–Crippen MR) is 76.1 cm³/mol. The van der Waals surface area contributed by atoms with Gasteiger partial charge in [0.2, 0.25) is 0 Å². The van der Waals surface area contributed by atoms with Crippen molar-refractivity contribution in [2.75, 3.05) is 29.5 Å². The normalized spacial score (nSPS) is 28.2. The smallest absolute Gasteiger partial charge is 0.0402 e. The van der Waals surface area contributed by atoms with Crippen molar-refractivity contribution < 1.29 is 0 Å². The number of nitrogens with zero attached hydrogens (tertiary/aromatic N) is 1. The minimum absolute atomic E-state index is 0.654. The molecule has 0 saturated carbocycles. The van der Waals surface area contributed by atoms with E-state index in [4.69, 9.17) is 0 Å². The summed E-state index contributed by atoms with van der Waals surface area (Å²) in [5, 5.41) is 3.63. The minimum atomic E-state index is 0.654. The standard InChI is InChI=1S/C14H20N2S/c1-11-8-12-4-2-3-5-14(12)16(11)9-13-10-17-7-6-15-13/h2-5,11,13,15H,6-10H2,1H3. The SMILES string of the molecule is CC1Cc2ccccc2N1CC1CSCCN1. The number of benzene rings is 1. The van der Waals surface area contributed by atoms with Crippen molar-refractivity contribution >= 4 is 17.4 Å². The highest BCUT2D eigenvalue weighted by Crippen LogP contribution is 2.32. The van der Waals surface area contributed by atoms with Gasteiger partial charge in [-0.3, -0.25) is 0 Å². The summed E-state index contributed by atoms with van der Waals surface area (Å²) < 4.78 is 0. The molecule has 1 saturated heterocycles. The van der Waals surface area contributed by atoms with Crippen LogP contribution in [0.5, 0.6) is 0 Å². The molecule has 0 aliphatic carbocycles. The number of hydrogen-bond acceptors (Lipinski definition) is 3. The molecule has 0 spiro atoms. The van der Waals surface area contributed by atoms with Crippen molar-refractivity contribution in [3.8, 4) is 0 Å². The lowest BCUT2D eigenvalue weighted by atomic mass is 10.1. The summed E-state index contributed by atoms with van der Waals surface area (Å²) in [6.07, 6.45) is 1.20. The maximum Gasteiger partial charge on any atom is 0.0402 e. The lowest BCUT2D eigenvalue weighted by Crippen LogP contribution is -2.47. The van der Waals surface area contributed by atoms with Gasteiger partial charge in [0, 0.05) is 42.4 Å². The van der Waals surface area contributed by atoms with Gasteiger partial charge in [-0.05, 0) is 25.0 Å². The Labute approximate surface area is 108 Å². The fraction of sp³-hybridized carbons (Fsp3) is 0.571. The lowest BCUT2D eigenvalue weighted by molar-refractivity contribution is 0.530. The van der Waals surface area contributed by atoms with Gasteiger partial charge in [-0.25, -0.2) is 0 Å². The number of anilines is 1. The molecule has 0 amide bonds. The second kappa shape index (κ2) is 4.91. The first-order valence-electron chi connectivity index (χ1n) is 6.50. The number of thioether (sulfide) groups is 1. The average Bonchev–Trinajstić information content (AvgIpc) is 2.68. The highest BCUT2D eigenvalue weighted by atomic mass is 32.2. The molecule has 0 aromatic heterocycles. The number of rotatable bonds is 2. The van der Waals surface area contributed by atoms with E-state index in [1.807, 2.05) is 0 Å². The van der Waals surface area contributed by atoms with Gasteiger partial charge in [-0.15, -0.1) is 0 Å². The molecule has 0 bridgehead atoms. The van der Waals surface area contributed by atoms with Crippen molar-refractivity contribution in [1.82, 2.24) is 5.32 Å². The molecule has 2 unspecified atom stereocenters. The van der Waals surface area contributed by atoms with E-state index in [1.54, 1.807) is 0 Å². The van der Waals surface area contributed by atoms with Crippen LogP contribution in [0.1, 0.15) is 12.5 Å². The van der Waals surface area contributed by atoms with Gasteiger partial charge in [-0.2, -0.15) is 11.8 Å². The Morgan fingerprint density at radius 1 is 1.41 bits per heavy atom. The van der Waals surface area contributed by atoms with E-state index in [2.05, 4.69) is 53.2 Å². The van der Waals surface area contributed by atoms with Crippen LogP contribution in [-0.2, 0) is 6.42 Å². The van der Waals surface area contributed by atoms with Crippen LogP contribution in [0.2, 0.25) is 0 Å². The van der Waals surface area contributed by atoms with E-state index in [1.165, 1.54) is 35.7 Å². The van der Waals surface area contributed by atoms with Gasteiger partial charge in [0.15, 0.2) is 0 Å². The van der Waals surface area contributed by atoms with Gasteiger partial charge in [0.1, 0.15) is 0 Å². The van der Waals surface area contributed by atoms with Crippen LogP contribution in [0, 0.1) is 0 Å². The molecule has 2 atom stereocenters. The maximum atomic E-state index is 3.63. The van der Waals surface area contributed by atoms with E-state index in [9.17, 15) is 0 Å². The molecule has 2 aliphatic heterocycles. The van der Waals surface area contributed by atoms with E-state index in [0.29, 0.717) is 12.1 Å². The monoisotopic (exact) mass is 248 g/mol. The third-order valence-electron chi connectivity index (χ3n) is 3.76. The van der Waals surface area contributed by atoms with Gasteiger partial charge < -0.3 is 10.2 Å². The van der Waals surface area contributed by atoms with E-state index in [0.717, 1.165) is 6.54 Å². The minimum Gasteiger partial charge on any atom is -0.367 e. The van der Waals surface area contributed by atoms with Gasteiger partial charge in [0.05, 0.1) is 0 Å². The summed E-state index contributed by atoms with van der Waals surface area (Å²) in [4.78, 5) is 2.58. The number of nitrogens with one attached hydrogen (secondary N) is 1. The van der Waals surface area contributed by atoms with Crippen LogP contribution in [0.3, 0.4) is 0 Å². The Kier molecular flexibility index (Phi) is 3.30. The molecular weight excluding hydrogens is 228 g/mol. The molecule has 17 heavy (non-hydrogen) atoms. The molecule has 2 nitrogen and oxygen atoms in total. The van der Waals surface area contributed by atoms with E-state index >= 15 is 0 Å². The highest BCUT2D eigenvalue weighted by molar-refractivity contribution is 7.99. The zero-order chi connectivity index (χ0) is 11.7. The largest absolute Gasteiger partial charge is 0.367 e. The van der Waals surface area contributed by atoms with Crippen LogP contribution >= 0.6 is 11.8 Å². The van der Waals surface area contributed by atoms with E-state index in [-0.39, 0.29) is 0 Å². The average molecular weight is 248 g/mol. The Hall–Kier alpha value is -0.670. The van der Waals surface area contributed by atoms with Crippen LogP contribution in [0.4, 0.5) is 5.69 Å². The number of fused-ring (bicyclic) bond motifs is 1. The second-order valence-corrected chi connectivity index (χ2v) is 6.21. The summed E-state index contributed by atoms with van der Waals surface area (Å²) in [6, 6.07) is 10.2. The Morgan fingerprint density at radius 3 is 3.12 bits per heavy atom. The van der Waals surface area contributed by atoms with Crippen LogP contribution in [0.25, 0.3) is 0 Å². The molecule has 2 heterocycles. The fourth-order valence-corrected chi connectivity index (χ4v) is 3.82. The molecular formula is C14H20N2S. The van der Waals surface area contributed by atoms with Crippen molar-refractivity contribution in [2.45, 2.75) is 25.4 Å². The molecule has 1 aromatic carbocycles. The summed E-state index contributed by atoms with van der Waals surface area (Å²) in [7, 11) is 0. The Bertz CT molecular complexity index is 388. The van der Waals surface area contributed by atoms with Crippen molar-refractivity contribution in [2.24, 2.45) is 0 Å². The van der Waals surface area contributed by atoms with Gasteiger partial charge in [0.25, 0.3) is 0 Å². The second-order valence-electron chi connectivity index (χ2n) is 5.06. The third-order valence-corrected chi connectivity index (χ3v) is 4.89. The Balaban J connectivity index is 1.74. The molecule has 2 aliphatic rings. The van der Waals surface area contributed by atoms with Crippen molar-refractivity contribution in [1.29, 1.82) is 0 Å². The molecule has 1 fully saturated rings. The molecule has 92 valence electrons. The molecule has 1 aromatic rings. The van der Waals surface area contributed by atoms with Crippen LogP contribution in [0.15, 0.2) is 24.3 Å². The van der Waals surface area contributed by atoms with Crippen molar-refractivity contribution in [3.05, 3.63) is 29.8 Å². The number of para-hydroxylation sites is 1. The predicted octanol–water partition coefficient (Wildman–Crippen LogP) is 2.14. The van der Waals surface area contributed by atoms with Crippen LogP contribution in [-0.4, -0.2) is 36.7 Å². The fourth-order valence-electron chi connectivity index (χ4n) is 2.88. The quantitative estimate of drug-likeness (QED) is 0.863.